The normalized spacial score (nSPS) is 11.5. The second kappa shape index (κ2) is 9.24. The summed E-state index contributed by atoms with van der Waals surface area (Å²) in [6.45, 7) is 4.82. The maximum absolute atomic E-state index is 12.7. The summed E-state index contributed by atoms with van der Waals surface area (Å²) in [4.78, 5) is 35.7. The van der Waals surface area contributed by atoms with Crippen LogP contribution in [-0.2, 0) is 13.0 Å². The van der Waals surface area contributed by atoms with E-state index in [1.165, 1.54) is 11.3 Å². The third-order valence-electron chi connectivity index (χ3n) is 5.88. The number of hydrogen-bond donors (Lipinski definition) is 2. The minimum Gasteiger partial charge on any atom is -0.366 e. The summed E-state index contributed by atoms with van der Waals surface area (Å²) in [5, 5.41) is 3.50. The Labute approximate surface area is 210 Å². The van der Waals surface area contributed by atoms with E-state index in [1.807, 2.05) is 29.9 Å². The van der Waals surface area contributed by atoms with Crippen LogP contribution in [0.25, 0.3) is 31.7 Å². The Kier molecular flexibility index (Phi) is 6.12. The van der Waals surface area contributed by atoms with Gasteiger partial charge in [-0.05, 0) is 48.2 Å². The van der Waals surface area contributed by atoms with Crippen molar-refractivity contribution >= 4 is 55.7 Å². The van der Waals surface area contributed by atoms with Crippen LogP contribution < -0.4 is 11.1 Å². The summed E-state index contributed by atoms with van der Waals surface area (Å²) in [5.41, 5.74) is 12.6. The van der Waals surface area contributed by atoms with Crippen molar-refractivity contribution in [3.8, 4) is 10.4 Å². The van der Waals surface area contributed by atoms with E-state index in [2.05, 4.69) is 40.8 Å². The number of pyridine rings is 1. The number of nitrogens with two attached hydrogens (primary N) is 1. The molecule has 5 rings (SSSR count). The van der Waals surface area contributed by atoms with Crippen LogP contribution >= 0.6 is 22.7 Å². The number of fused-ring (bicyclic) bond motifs is 2. The van der Waals surface area contributed by atoms with Gasteiger partial charge >= 0.3 is 0 Å². The molecule has 0 bridgehead atoms. The van der Waals surface area contributed by atoms with Crippen molar-refractivity contribution in [2.75, 3.05) is 7.05 Å². The second-order valence-corrected chi connectivity index (χ2v) is 10.8. The number of carbonyl (C=O) groups is 2. The molecule has 0 saturated carbocycles. The van der Waals surface area contributed by atoms with Gasteiger partial charge in [0.25, 0.3) is 11.8 Å². The molecule has 4 aromatic heterocycles. The van der Waals surface area contributed by atoms with Crippen molar-refractivity contribution in [1.29, 1.82) is 0 Å². The van der Waals surface area contributed by atoms with E-state index in [4.69, 9.17) is 10.7 Å². The smallest absolute Gasteiger partial charge is 0.261 e. The van der Waals surface area contributed by atoms with Crippen molar-refractivity contribution < 1.29 is 9.59 Å². The number of carbonyl (C=O) groups excluding carboxylic acids is 2. The molecule has 0 unspecified atom stereocenters. The largest absolute Gasteiger partial charge is 0.366 e. The lowest BCUT2D eigenvalue weighted by atomic mass is 9.96. The fraction of sp³-hybridized carbons (Fsp3) is 0.231. The third-order valence-corrected chi connectivity index (χ3v) is 7.78. The van der Waals surface area contributed by atoms with Gasteiger partial charge in [0, 0.05) is 35.6 Å². The number of benzene rings is 1. The van der Waals surface area contributed by atoms with Gasteiger partial charge in [-0.3, -0.25) is 9.59 Å². The van der Waals surface area contributed by atoms with Gasteiger partial charge in [-0.15, -0.1) is 22.7 Å². The third kappa shape index (κ3) is 4.33. The highest BCUT2D eigenvalue weighted by Crippen LogP contribution is 2.38. The van der Waals surface area contributed by atoms with Crippen LogP contribution in [0.5, 0.6) is 0 Å². The first kappa shape index (κ1) is 23.2. The zero-order chi connectivity index (χ0) is 24.7. The van der Waals surface area contributed by atoms with E-state index in [0.717, 1.165) is 37.3 Å². The number of nitrogens with zero attached hydrogens (tertiary/aromatic N) is 3. The monoisotopic (exact) mass is 503 g/mol. The Bertz CT molecular complexity index is 1580. The molecule has 0 atom stereocenters. The van der Waals surface area contributed by atoms with Gasteiger partial charge in [-0.2, -0.15) is 0 Å². The molecule has 0 aliphatic carbocycles. The van der Waals surface area contributed by atoms with Crippen molar-refractivity contribution in [3.05, 3.63) is 69.8 Å². The number of primary amides is 1. The summed E-state index contributed by atoms with van der Waals surface area (Å²) in [5.74, 6) is -0.387. The Morgan fingerprint density at radius 1 is 1.17 bits per heavy atom. The topological polar surface area (TPSA) is 103 Å². The zero-order valence-corrected chi connectivity index (χ0v) is 21.3. The van der Waals surface area contributed by atoms with Crippen molar-refractivity contribution in [1.82, 2.24) is 19.9 Å². The number of aromatic nitrogens is 3. The Morgan fingerprint density at radius 3 is 2.74 bits per heavy atom. The lowest BCUT2D eigenvalue weighted by Crippen LogP contribution is -2.18. The van der Waals surface area contributed by atoms with E-state index < -0.39 is 5.91 Å². The van der Waals surface area contributed by atoms with E-state index in [9.17, 15) is 9.59 Å². The molecule has 0 aliphatic heterocycles. The van der Waals surface area contributed by atoms with Crippen LogP contribution in [0.2, 0.25) is 0 Å². The number of amides is 2. The number of nitrogens with one attached hydrogen (secondary N) is 1. The first-order valence-corrected chi connectivity index (χ1v) is 13.0. The van der Waals surface area contributed by atoms with Gasteiger partial charge in [0.15, 0.2) is 0 Å². The van der Waals surface area contributed by atoms with Gasteiger partial charge in [-0.25, -0.2) is 9.97 Å². The SMILES string of the molecule is CNC(=O)c1ccc(-c2c(C(N)=O)c(CC(C)C)nc3c2ccn3Cc2ccc3ncsc3c2)s1. The summed E-state index contributed by atoms with van der Waals surface area (Å²) in [6, 6.07) is 11.9. The highest BCUT2D eigenvalue weighted by Gasteiger charge is 2.24. The average Bonchev–Trinajstić information content (AvgIpc) is 3.57. The quantitative estimate of drug-likeness (QED) is 0.323. The molecule has 9 heteroatoms. The molecule has 0 saturated heterocycles. The van der Waals surface area contributed by atoms with Crippen LogP contribution in [-0.4, -0.2) is 33.4 Å². The predicted octanol–water partition coefficient (Wildman–Crippen LogP) is 5.08. The van der Waals surface area contributed by atoms with Gasteiger partial charge in [0.05, 0.1) is 31.9 Å². The minimum atomic E-state index is -0.511. The molecule has 35 heavy (non-hydrogen) atoms. The molecule has 178 valence electrons. The lowest BCUT2D eigenvalue weighted by Gasteiger charge is -2.15. The van der Waals surface area contributed by atoms with E-state index in [1.54, 1.807) is 24.5 Å². The van der Waals surface area contributed by atoms with Crippen LogP contribution in [0.3, 0.4) is 0 Å². The Balaban J connectivity index is 1.70. The average molecular weight is 504 g/mol. The molecule has 0 fully saturated rings. The second-order valence-electron chi connectivity index (χ2n) is 8.85. The van der Waals surface area contributed by atoms with Crippen LogP contribution in [0.1, 0.15) is 45.1 Å². The fourth-order valence-electron chi connectivity index (χ4n) is 4.34. The number of thiazole rings is 1. The maximum atomic E-state index is 12.7. The minimum absolute atomic E-state index is 0.161. The van der Waals surface area contributed by atoms with Crippen LogP contribution in [0, 0.1) is 5.92 Å². The first-order valence-electron chi connectivity index (χ1n) is 11.3. The maximum Gasteiger partial charge on any atom is 0.261 e. The Morgan fingerprint density at radius 2 is 2.00 bits per heavy atom. The van der Waals surface area contributed by atoms with Crippen molar-refractivity contribution in [2.24, 2.45) is 11.7 Å². The Hall–Kier alpha value is -3.56. The molecule has 0 aliphatic rings. The summed E-state index contributed by atoms with van der Waals surface area (Å²) in [6.07, 6.45) is 2.61. The van der Waals surface area contributed by atoms with E-state index in [-0.39, 0.29) is 11.8 Å². The van der Waals surface area contributed by atoms with Crippen molar-refractivity contribution in [3.63, 3.8) is 0 Å². The number of rotatable bonds is 7. The molecule has 2 amide bonds. The molecule has 0 radical (unpaired) electrons. The summed E-state index contributed by atoms with van der Waals surface area (Å²) >= 11 is 2.97. The first-order chi connectivity index (χ1) is 16.9. The summed E-state index contributed by atoms with van der Waals surface area (Å²) < 4.78 is 3.24. The molecule has 4 heterocycles. The van der Waals surface area contributed by atoms with E-state index >= 15 is 0 Å². The number of hydrogen-bond acceptors (Lipinski definition) is 6. The van der Waals surface area contributed by atoms with Crippen molar-refractivity contribution in [2.45, 2.75) is 26.8 Å². The highest BCUT2D eigenvalue weighted by atomic mass is 32.1. The molecule has 3 N–H and O–H groups in total. The van der Waals surface area contributed by atoms with Crippen LogP contribution in [0.15, 0.2) is 48.1 Å². The predicted molar refractivity (Wildman–Crippen MR) is 142 cm³/mol. The molecular weight excluding hydrogens is 478 g/mol. The van der Waals surface area contributed by atoms with Gasteiger partial charge in [-0.1, -0.05) is 19.9 Å². The van der Waals surface area contributed by atoms with Gasteiger partial charge in [0.2, 0.25) is 0 Å². The van der Waals surface area contributed by atoms with E-state index in [0.29, 0.717) is 29.1 Å². The standard InChI is InChI=1S/C26H25N5O2S2/c1-14(2)10-18-23(24(27)32)22(19-6-7-20(35-19)26(33)28-3)16-8-9-31(25(16)30-18)12-15-4-5-17-21(11-15)34-13-29-17/h4-9,11,13-14H,10,12H2,1-3H3,(H2,27,32)(H,28,33). The van der Waals surface area contributed by atoms with Gasteiger partial charge in [0.1, 0.15) is 5.65 Å². The molecule has 1 aromatic carbocycles. The molecule has 7 nitrogen and oxygen atoms in total. The number of thiophene rings is 1. The van der Waals surface area contributed by atoms with Gasteiger partial charge < -0.3 is 15.6 Å². The molecular formula is C26H25N5O2S2. The zero-order valence-electron chi connectivity index (χ0n) is 19.7. The van der Waals surface area contributed by atoms with Crippen LogP contribution in [0.4, 0.5) is 0 Å². The highest BCUT2D eigenvalue weighted by molar-refractivity contribution is 7.17. The lowest BCUT2D eigenvalue weighted by molar-refractivity contribution is 0.0965. The summed E-state index contributed by atoms with van der Waals surface area (Å²) in [7, 11) is 1.60. The molecule has 0 spiro atoms. The fourth-order valence-corrected chi connectivity index (χ4v) is 6.10. The molecule has 5 aromatic rings.